The molecule has 0 aliphatic heterocycles. The zero-order chi connectivity index (χ0) is 18.9. The first-order valence-electron chi connectivity index (χ1n) is 7.26. The van der Waals surface area contributed by atoms with E-state index in [1.807, 2.05) is 12.1 Å². The van der Waals surface area contributed by atoms with Gasteiger partial charge >= 0.3 is 0 Å². The van der Waals surface area contributed by atoms with Gasteiger partial charge in [0.1, 0.15) is 0 Å². The molecule has 26 heavy (non-hydrogen) atoms. The number of carbonyl (C=O) groups excluding carboxylic acids is 1. The van der Waals surface area contributed by atoms with Crippen LogP contribution in [0.15, 0.2) is 52.7 Å². The van der Waals surface area contributed by atoms with E-state index in [1.165, 1.54) is 29.5 Å². The molecule has 3 aromatic rings. The summed E-state index contributed by atoms with van der Waals surface area (Å²) in [6.45, 7) is 0. The maximum absolute atomic E-state index is 12.5. The number of thiazole rings is 1. The molecular formula is C17H12Cl2N2O3S2. The molecule has 1 N–H and O–H groups in total. The second-order valence-corrected chi connectivity index (χ2v) is 9.13. The summed E-state index contributed by atoms with van der Waals surface area (Å²) in [6, 6.07) is 11.2. The molecule has 1 aromatic heterocycles. The predicted molar refractivity (Wildman–Crippen MR) is 105 cm³/mol. The number of sulfone groups is 1. The van der Waals surface area contributed by atoms with Gasteiger partial charge in [-0.15, -0.1) is 11.3 Å². The minimum atomic E-state index is -3.45. The Morgan fingerprint density at radius 1 is 1.12 bits per heavy atom. The van der Waals surface area contributed by atoms with Crippen molar-refractivity contribution in [1.29, 1.82) is 0 Å². The number of aromatic nitrogens is 1. The molecule has 0 radical (unpaired) electrons. The Kier molecular flexibility index (Phi) is 5.34. The van der Waals surface area contributed by atoms with Gasteiger partial charge in [0.25, 0.3) is 5.91 Å². The highest BCUT2D eigenvalue weighted by Gasteiger charge is 2.17. The van der Waals surface area contributed by atoms with E-state index in [9.17, 15) is 13.2 Å². The van der Waals surface area contributed by atoms with Gasteiger partial charge in [-0.2, -0.15) is 0 Å². The first kappa shape index (κ1) is 18.8. The lowest BCUT2D eigenvalue weighted by Gasteiger charge is -2.06. The number of rotatable bonds is 4. The van der Waals surface area contributed by atoms with Crippen LogP contribution in [0, 0.1) is 0 Å². The zero-order valence-corrected chi connectivity index (χ0v) is 16.5. The first-order chi connectivity index (χ1) is 12.2. The van der Waals surface area contributed by atoms with Gasteiger partial charge in [0.2, 0.25) is 0 Å². The second kappa shape index (κ2) is 7.36. The fourth-order valence-corrected chi connectivity index (χ4v) is 3.85. The number of anilines is 1. The third-order valence-electron chi connectivity index (χ3n) is 3.48. The second-order valence-electron chi connectivity index (χ2n) is 5.41. The Balaban J connectivity index is 1.84. The molecule has 0 aliphatic rings. The zero-order valence-electron chi connectivity index (χ0n) is 13.4. The normalized spacial score (nSPS) is 11.3. The van der Waals surface area contributed by atoms with Crippen molar-refractivity contribution in [3.63, 3.8) is 0 Å². The van der Waals surface area contributed by atoms with Crippen molar-refractivity contribution < 1.29 is 13.2 Å². The van der Waals surface area contributed by atoms with Crippen molar-refractivity contribution in [1.82, 2.24) is 4.98 Å². The third-order valence-corrected chi connectivity index (χ3v) is 5.92. The molecule has 0 bridgehead atoms. The molecule has 9 heteroatoms. The molecule has 134 valence electrons. The lowest BCUT2D eigenvalue weighted by molar-refractivity contribution is 0.102. The lowest BCUT2D eigenvalue weighted by atomic mass is 10.2. The Labute approximate surface area is 164 Å². The van der Waals surface area contributed by atoms with Gasteiger partial charge in [-0.3, -0.25) is 10.1 Å². The van der Waals surface area contributed by atoms with E-state index < -0.39 is 15.7 Å². The van der Waals surface area contributed by atoms with E-state index in [4.69, 9.17) is 23.2 Å². The molecule has 1 amide bonds. The standard InChI is InChI=1S/C17H12Cl2N2O3S2/c1-26(23,24)12-6-7-14(19)13(8-12)16(22)21-17-20-15(9-25-17)10-2-4-11(18)5-3-10/h2-9H,1H3,(H,20,21,22). The number of carbonyl (C=O) groups is 1. The maximum Gasteiger partial charge on any atom is 0.259 e. The molecule has 0 aliphatic carbocycles. The smallest absolute Gasteiger partial charge is 0.259 e. The first-order valence-corrected chi connectivity index (χ1v) is 10.8. The van der Waals surface area contributed by atoms with Crippen LogP contribution in [-0.2, 0) is 9.84 Å². The number of nitrogens with one attached hydrogen (secondary N) is 1. The predicted octanol–water partition coefficient (Wildman–Crippen LogP) is 4.77. The highest BCUT2D eigenvalue weighted by Crippen LogP contribution is 2.27. The van der Waals surface area contributed by atoms with Crippen molar-refractivity contribution in [3.05, 3.63) is 63.5 Å². The van der Waals surface area contributed by atoms with Crippen molar-refractivity contribution in [2.45, 2.75) is 4.90 Å². The Bertz CT molecular complexity index is 1080. The number of hydrogen-bond acceptors (Lipinski definition) is 5. The minimum Gasteiger partial charge on any atom is -0.298 e. The van der Waals surface area contributed by atoms with E-state index in [0.29, 0.717) is 15.8 Å². The SMILES string of the molecule is CS(=O)(=O)c1ccc(Cl)c(C(=O)Nc2nc(-c3ccc(Cl)cc3)cs2)c1. The summed E-state index contributed by atoms with van der Waals surface area (Å²) in [5.74, 6) is -0.530. The molecule has 0 atom stereocenters. The topological polar surface area (TPSA) is 76.1 Å². The minimum absolute atomic E-state index is 0.0213. The van der Waals surface area contributed by atoms with E-state index in [2.05, 4.69) is 10.3 Å². The average Bonchev–Trinajstić information content (AvgIpc) is 3.03. The van der Waals surface area contributed by atoms with E-state index in [-0.39, 0.29) is 15.5 Å². The van der Waals surface area contributed by atoms with E-state index >= 15 is 0 Å². The molecule has 0 spiro atoms. The Hall–Kier alpha value is -1.93. The summed E-state index contributed by atoms with van der Waals surface area (Å²) < 4.78 is 23.3. The van der Waals surface area contributed by atoms with Gasteiger partial charge in [0.05, 0.1) is 21.2 Å². The van der Waals surface area contributed by atoms with Crippen LogP contribution in [0.4, 0.5) is 5.13 Å². The number of amides is 1. The lowest BCUT2D eigenvalue weighted by Crippen LogP contribution is -2.13. The van der Waals surface area contributed by atoms with Crippen molar-refractivity contribution in [3.8, 4) is 11.3 Å². The Morgan fingerprint density at radius 2 is 1.81 bits per heavy atom. The molecule has 0 saturated carbocycles. The Morgan fingerprint density at radius 3 is 2.46 bits per heavy atom. The van der Waals surface area contributed by atoms with Crippen molar-refractivity contribution in [2.24, 2.45) is 0 Å². The van der Waals surface area contributed by atoms with Crippen LogP contribution in [-0.4, -0.2) is 25.6 Å². The van der Waals surface area contributed by atoms with Crippen LogP contribution in [0.1, 0.15) is 10.4 Å². The summed E-state index contributed by atoms with van der Waals surface area (Å²) in [5.41, 5.74) is 1.62. The quantitative estimate of drug-likeness (QED) is 0.651. The summed E-state index contributed by atoms with van der Waals surface area (Å²) in [5, 5.41) is 5.60. The van der Waals surface area contributed by atoms with Crippen LogP contribution < -0.4 is 5.32 Å². The number of halogens is 2. The fraction of sp³-hybridized carbons (Fsp3) is 0.0588. The largest absolute Gasteiger partial charge is 0.298 e. The van der Waals surface area contributed by atoms with Crippen LogP contribution in [0.25, 0.3) is 11.3 Å². The van der Waals surface area contributed by atoms with E-state index in [1.54, 1.807) is 17.5 Å². The fourth-order valence-electron chi connectivity index (χ4n) is 2.16. The molecular weight excluding hydrogens is 415 g/mol. The average molecular weight is 427 g/mol. The monoisotopic (exact) mass is 426 g/mol. The highest BCUT2D eigenvalue weighted by molar-refractivity contribution is 7.90. The van der Waals surface area contributed by atoms with Crippen molar-refractivity contribution >= 4 is 55.4 Å². The van der Waals surface area contributed by atoms with Gasteiger partial charge in [-0.05, 0) is 30.3 Å². The summed E-state index contributed by atoms with van der Waals surface area (Å²) in [6.07, 6.45) is 1.07. The summed E-state index contributed by atoms with van der Waals surface area (Å²) in [4.78, 5) is 16.8. The van der Waals surface area contributed by atoms with Gasteiger partial charge in [0.15, 0.2) is 15.0 Å². The number of hydrogen-bond donors (Lipinski definition) is 1. The molecule has 3 rings (SSSR count). The summed E-state index contributed by atoms with van der Waals surface area (Å²) >= 11 is 13.2. The van der Waals surface area contributed by atoms with E-state index in [0.717, 1.165) is 11.8 Å². The molecule has 2 aromatic carbocycles. The number of benzene rings is 2. The van der Waals surface area contributed by atoms with Gasteiger partial charge in [-0.1, -0.05) is 35.3 Å². The van der Waals surface area contributed by atoms with Gasteiger partial charge < -0.3 is 0 Å². The van der Waals surface area contributed by atoms with Gasteiger partial charge in [0, 0.05) is 22.2 Å². The van der Waals surface area contributed by atoms with Crippen LogP contribution in [0.5, 0.6) is 0 Å². The van der Waals surface area contributed by atoms with Crippen LogP contribution in [0.3, 0.4) is 0 Å². The van der Waals surface area contributed by atoms with Crippen LogP contribution in [0.2, 0.25) is 10.0 Å². The molecule has 1 heterocycles. The van der Waals surface area contributed by atoms with Crippen LogP contribution >= 0.6 is 34.5 Å². The maximum atomic E-state index is 12.5. The molecule has 0 saturated heterocycles. The highest BCUT2D eigenvalue weighted by atomic mass is 35.5. The third kappa shape index (κ3) is 4.24. The van der Waals surface area contributed by atoms with Crippen molar-refractivity contribution in [2.75, 3.05) is 11.6 Å². The molecule has 0 fully saturated rings. The van der Waals surface area contributed by atoms with Gasteiger partial charge in [-0.25, -0.2) is 13.4 Å². The molecule has 5 nitrogen and oxygen atoms in total. The number of nitrogens with zero attached hydrogens (tertiary/aromatic N) is 1. The molecule has 0 unspecified atom stereocenters. The summed E-state index contributed by atoms with van der Waals surface area (Å²) in [7, 11) is -3.45.